The molecular weight excluding hydrogens is 364 g/mol. The molecular formula is C20H22N2O4S. The first kappa shape index (κ1) is 19.1. The SMILES string of the molecule is CCS(=O)(=O)c1ccccc1NC(=O)c1ccc(N2CCCCC2=O)cc1. The zero-order valence-corrected chi connectivity index (χ0v) is 16.0. The molecule has 1 aliphatic rings. The van der Waals surface area contributed by atoms with Gasteiger partial charge in [-0.2, -0.15) is 0 Å². The van der Waals surface area contributed by atoms with E-state index in [1.165, 1.54) is 6.07 Å². The molecule has 0 radical (unpaired) electrons. The second kappa shape index (κ2) is 7.92. The number of rotatable bonds is 5. The molecule has 2 amide bonds. The van der Waals surface area contributed by atoms with Gasteiger partial charge >= 0.3 is 0 Å². The normalized spacial score (nSPS) is 14.9. The fourth-order valence-electron chi connectivity index (χ4n) is 3.06. The van der Waals surface area contributed by atoms with Crippen LogP contribution in [-0.2, 0) is 14.6 Å². The van der Waals surface area contributed by atoms with Gasteiger partial charge in [0, 0.05) is 24.2 Å². The Labute approximate surface area is 159 Å². The van der Waals surface area contributed by atoms with Crippen LogP contribution in [0.5, 0.6) is 0 Å². The molecule has 1 fully saturated rings. The Hall–Kier alpha value is -2.67. The third-order valence-corrected chi connectivity index (χ3v) is 6.40. The van der Waals surface area contributed by atoms with Gasteiger partial charge < -0.3 is 10.2 Å². The minimum Gasteiger partial charge on any atom is -0.321 e. The Morgan fingerprint density at radius 2 is 1.78 bits per heavy atom. The molecule has 1 saturated heterocycles. The van der Waals surface area contributed by atoms with Gasteiger partial charge in [0.2, 0.25) is 5.91 Å². The molecule has 0 aliphatic carbocycles. The maximum atomic E-state index is 12.5. The number of carbonyl (C=O) groups is 2. The Balaban J connectivity index is 1.79. The summed E-state index contributed by atoms with van der Waals surface area (Å²) in [4.78, 5) is 26.4. The Morgan fingerprint density at radius 1 is 1.07 bits per heavy atom. The number of benzene rings is 2. The van der Waals surface area contributed by atoms with Crippen molar-refractivity contribution in [2.75, 3.05) is 22.5 Å². The lowest BCUT2D eigenvalue weighted by Crippen LogP contribution is -2.35. The van der Waals surface area contributed by atoms with Crippen LogP contribution in [0, 0.1) is 0 Å². The number of hydrogen-bond donors (Lipinski definition) is 1. The number of amides is 2. The lowest BCUT2D eigenvalue weighted by molar-refractivity contribution is -0.119. The molecule has 6 nitrogen and oxygen atoms in total. The summed E-state index contributed by atoms with van der Waals surface area (Å²) in [5.41, 5.74) is 1.43. The van der Waals surface area contributed by atoms with Crippen molar-refractivity contribution in [2.45, 2.75) is 31.1 Å². The maximum absolute atomic E-state index is 12.5. The molecule has 1 N–H and O–H groups in total. The molecule has 0 unspecified atom stereocenters. The highest BCUT2D eigenvalue weighted by Gasteiger charge is 2.21. The second-order valence-corrected chi connectivity index (χ2v) is 8.65. The molecule has 2 aromatic rings. The molecule has 0 atom stereocenters. The van der Waals surface area contributed by atoms with Crippen molar-refractivity contribution in [3.63, 3.8) is 0 Å². The van der Waals surface area contributed by atoms with Crippen LogP contribution in [-0.4, -0.2) is 32.5 Å². The fourth-order valence-corrected chi connectivity index (χ4v) is 4.11. The first-order valence-electron chi connectivity index (χ1n) is 8.96. The minimum absolute atomic E-state index is 0.0432. The van der Waals surface area contributed by atoms with Crippen LogP contribution in [0.2, 0.25) is 0 Å². The first-order valence-corrected chi connectivity index (χ1v) is 10.6. The zero-order valence-electron chi connectivity index (χ0n) is 15.1. The average molecular weight is 386 g/mol. The van der Waals surface area contributed by atoms with E-state index in [9.17, 15) is 18.0 Å². The van der Waals surface area contributed by atoms with Gasteiger partial charge in [0.15, 0.2) is 9.84 Å². The van der Waals surface area contributed by atoms with Gasteiger partial charge in [0.25, 0.3) is 5.91 Å². The molecule has 142 valence electrons. The van der Waals surface area contributed by atoms with E-state index in [2.05, 4.69) is 5.32 Å². The first-order chi connectivity index (χ1) is 12.9. The highest BCUT2D eigenvalue weighted by Crippen LogP contribution is 2.24. The maximum Gasteiger partial charge on any atom is 0.255 e. The highest BCUT2D eigenvalue weighted by atomic mass is 32.2. The number of carbonyl (C=O) groups excluding carboxylic acids is 2. The molecule has 0 aromatic heterocycles. The number of nitrogens with one attached hydrogen (secondary N) is 1. The van der Waals surface area contributed by atoms with Crippen LogP contribution in [0.3, 0.4) is 0 Å². The molecule has 2 aromatic carbocycles. The van der Waals surface area contributed by atoms with Crippen molar-refractivity contribution in [3.05, 3.63) is 54.1 Å². The summed E-state index contributed by atoms with van der Waals surface area (Å²) >= 11 is 0. The second-order valence-electron chi connectivity index (χ2n) is 6.40. The third-order valence-electron chi connectivity index (χ3n) is 4.61. The van der Waals surface area contributed by atoms with Crippen LogP contribution < -0.4 is 10.2 Å². The smallest absolute Gasteiger partial charge is 0.255 e. The topological polar surface area (TPSA) is 83.6 Å². The predicted octanol–water partition coefficient (Wildman–Crippen LogP) is 3.25. The minimum atomic E-state index is -3.44. The molecule has 1 heterocycles. The lowest BCUT2D eigenvalue weighted by Gasteiger charge is -2.26. The number of para-hydroxylation sites is 1. The van der Waals surface area contributed by atoms with Crippen LogP contribution in [0.25, 0.3) is 0 Å². The summed E-state index contributed by atoms with van der Waals surface area (Å²) < 4.78 is 24.4. The average Bonchev–Trinajstić information content (AvgIpc) is 2.69. The molecule has 7 heteroatoms. The number of hydrogen-bond acceptors (Lipinski definition) is 4. The number of nitrogens with zero attached hydrogens (tertiary/aromatic N) is 1. The van der Waals surface area contributed by atoms with Crippen molar-refractivity contribution in [2.24, 2.45) is 0 Å². The van der Waals surface area contributed by atoms with E-state index in [0.29, 0.717) is 18.5 Å². The molecule has 0 spiro atoms. The predicted molar refractivity (Wildman–Crippen MR) is 105 cm³/mol. The van der Waals surface area contributed by atoms with Crippen molar-refractivity contribution < 1.29 is 18.0 Å². The number of sulfone groups is 1. The summed E-state index contributed by atoms with van der Waals surface area (Å²) in [6, 6.07) is 13.1. The summed E-state index contributed by atoms with van der Waals surface area (Å²) in [6.45, 7) is 2.25. The molecule has 3 rings (SSSR count). The van der Waals surface area contributed by atoms with Crippen LogP contribution in [0.1, 0.15) is 36.5 Å². The van der Waals surface area contributed by atoms with Crippen LogP contribution >= 0.6 is 0 Å². The van der Waals surface area contributed by atoms with E-state index in [1.54, 1.807) is 54.3 Å². The zero-order chi connectivity index (χ0) is 19.4. The lowest BCUT2D eigenvalue weighted by atomic mass is 10.1. The summed E-state index contributed by atoms with van der Waals surface area (Å²) in [6.07, 6.45) is 2.43. The van der Waals surface area contributed by atoms with Crippen molar-refractivity contribution >= 4 is 33.0 Å². The van der Waals surface area contributed by atoms with Gasteiger partial charge in [-0.25, -0.2) is 8.42 Å². The van der Waals surface area contributed by atoms with Gasteiger partial charge in [-0.3, -0.25) is 9.59 Å². The largest absolute Gasteiger partial charge is 0.321 e. The highest BCUT2D eigenvalue weighted by molar-refractivity contribution is 7.91. The van der Waals surface area contributed by atoms with Crippen molar-refractivity contribution in [1.82, 2.24) is 0 Å². The van der Waals surface area contributed by atoms with Gasteiger partial charge in [0.05, 0.1) is 16.3 Å². The Morgan fingerprint density at radius 3 is 2.44 bits per heavy atom. The quantitative estimate of drug-likeness (QED) is 0.855. The van der Waals surface area contributed by atoms with Crippen LogP contribution in [0.15, 0.2) is 53.4 Å². The summed E-state index contributed by atoms with van der Waals surface area (Å²) in [7, 11) is -3.44. The number of anilines is 2. The summed E-state index contributed by atoms with van der Waals surface area (Å²) in [5.74, 6) is -0.347. The van der Waals surface area contributed by atoms with Crippen molar-refractivity contribution in [3.8, 4) is 0 Å². The monoisotopic (exact) mass is 386 g/mol. The van der Waals surface area contributed by atoms with Gasteiger partial charge in [-0.05, 0) is 49.2 Å². The van der Waals surface area contributed by atoms with E-state index in [0.717, 1.165) is 18.5 Å². The Kier molecular flexibility index (Phi) is 5.60. The van der Waals surface area contributed by atoms with E-state index in [1.807, 2.05) is 0 Å². The van der Waals surface area contributed by atoms with Gasteiger partial charge in [-0.1, -0.05) is 19.1 Å². The fraction of sp³-hybridized carbons (Fsp3) is 0.300. The molecule has 1 aliphatic heterocycles. The molecule has 0 saturated carbocycles. The van der Waals surface area contributed by atoms with E-state index in [-0.39, 0.29) is 22.2 Å². The van der Waals surface area contributed by atoms with E-state index >= 15 is 0 Å². The molecule has 0 bridgehead atoms. The van der Waals surface area contributed by atoms with E-state index < -0.39 is 15.7 Å². The molecule has 27 heavy (non-hydrogen) atoms. The van der Waals surface area contributed by atoms with Crippen LogP contribution in [0.4, 0.5) is 11.4 Å². The Bertz CT molecular complexity index is 952. The summed E-state index contributed by atoms with van der Waals surface area (Å²) in [5, 5.41) is 2.68. The van der Waals surface area contributed by atoms with Crippen molar-refractivity contribution in [1.29, 1.82) is 0 Å². The standard InChI is InChI=1S/C20H22N2O4S/c1-2-27(25,26)18-8-4-3-7-17(18)21-20(24)15-10-12-16(13-11-15)22-14-6-5-9-19(22)23/h3-4,7-8,10-13H,2,5-6,9,14H2,1H3,(H,21,24). The van der Waals surface area contributed by atoms with E-state index in [4.69, 9.17) is 0 Å². The van der Waals surface area contributed by atoms with Gasteiger partial charge in [-0.15, -0.1) is 0 Å². The third kappa shape index (κ3) is 4.19. The van der Waals surface area contributed by atoms with Gasteiger partial charge in [0.1, 0.15) is 0 Å². The number of piperidine rings is 1.